The van der Waals surface area contributed by atoms with Crippen molar-refractivity contribution in [2.75, 3.05) is 16.8 Å². The fourth-order valence-corrected chi connectivity index (χ4v) is 6.31. The van der Waals surface area contributed by atoms with E-state index >= 15 is 0 Å². The topological polar surface area (TPSA) is 69.7 Å². The number of nitrogens with zero attached hydrogens (tertiary/aromatic N) is 2. The van der Waals surface area contributed by atoms with E-state index in [9.17, 15) is 31.9 Å². The molecule has 4 atom stereocenters. The molecule has 3 amide bonds. The summed E-state index contributed by atoms with van der Waals surface area (Å²) in [5.74, 6) is -4.50. The van der Waals surface area contributed by atoms with E-state index in [0.717, 1.165) is 23.1 Å². The van der Waals surface area contributed by atoms with Gasteiger partial charge >= 0.3 is 6.18 Å². The summed E-state index contributed by atoms with van der Waals surface area (Å²) in [6, 6.07) is 7.93. The number of alkyl halides is 3. The highest BCUT2D eigenvalue weighted by atomic mass is 19.4. The number of hydrogen-bond donors (Lipinski definition) is 1. The number of nitrogens with one attached hydrogen (secondary N) is 1. The lowest BCUT2D eigenvalue weighted by atomic mass is 9.75. The molecule has 0 bridgehead atoms. The molecule has 1 spiro atoms. The fourth-order valence-electron chi connectivity index (χ4n) is 6.31. The highest BCUT2D eigenvalue weighted by Gasteiger charge is 2.75. The molecule has 2 aromatic rings. The number of anilines is 2. The Morgan fingerprint density at radius 2 is 1.73 bits per heavy atom. The predicted molar refractivity (Wildman–Crippen MR) is 107 cm³/mol. The third kappa shape index (κ3) is 2.39. The van der Waals surface area contributed by atoms with Crippen LogP contribution in [-0.2, 0) is 26.1 Å². The molecule has 0 saturated carbocycles. The van der Waals surface area contributed by atoms with Crippen LogP contribution in [0.15, 0.2) is 42.5 Å². The van der Waals surface area contributed by atoms with E-state index in [-0.39, 0.29) is 16.9 Å². The second-order valence-corrected chi connectivity index (χ2v) is 8.84. The second kappa shape index (κ2) is 6.40. The predicted octanol–water partition coefficient (Wildman–Crippen LogP) is 3.28. The van der Waals surface area contributed by atoms with E-state index in [2.05, 4.69) is 5.32 Å². The molecule has 1 N–H and O–H groups in total. The fraction of sp³-hybridized carbons (Fsp3) is 0.348. The highest BCUT2D eigenvalue weighted by molar-refractivity contribution is 6.26. The van der Waals surface area contributed by atoms with Crippen LogP contribution >= 0.6 is 0 Å². The standard InChI is InChI=1S/C23H17F4N3O3/c24-11-6-8-12(9-7-11)30-19(31)16-15-5-2-10-29(15)22(17(16)20(30)32)13-3-1-4-14(23(25,26)27)18(13)28-21(22)33/h1,3-4,6-9,15-17H,2,5,10H2,(H,28,33)/t15-,16-,17+,22-/m1/s1. The van der Waals surface area contributed by atoms with Gasteiger partial charge in [-0.05, 0) is 49.7 Å². The molecule has 10 heteroatoms. The Hall–Kier alpha value is -3.27. The van der Waals surface area contributed by atoms with Gasteiger partial charge in [-0.2, -0.15) is 13.2 Å². The maximum absolute atomic E-state index is 13.7. The van der Waals surface area contributed by atoms with Gasteiger partial charge in [-0.15, -0.1) is 0 Å². The summed E-state index contributed by atoms with van der Waals surface area (Å²) in [5, 5.41) is 2.40. The molecule has 170 valence electrons. The third-order valence-corrected chi connectivity index (χ3v) is 7.42. The third-order valence-electron chi connectivity index (χ3n) is 7.42. The number of halogens is 4. The number of rotatable bonds is 1. The van der Waals surface area contributed by atoms with Crippen molar-refractivity contribution in [2.24, 2.45) is 11.8 Å². The van der Waals surface area contributed by atoms with Crippen molar-refractivity contribution < 1.29 is 31.9 Å². The maximum atomic E-state index is 13.7. The van der Waals surface area contributed by atoms with Gasteiger partial charge in [0.1, 0.15) is 11.4 Å². The first kappa shape index (κ1) is 20.3. The van der Waals surface area contributed by atoms with Crippen LogP contribution in [0.4, 0.5) is 28.9 Å². The van der Waals surface area contributed by atoms with Crippen LogP contribution in [0, 0.1) is 17.7 Å². The number of carbonyl (C=O) groups excluding carboxylic acids is 3. The van der Waals surface area contributed by atoms with Crippen LogP contribution < -0.4 is 10.2 Å². The normalized spacial score (nSPS) is 30.7. The van der Waals surface area contributed by atoms with Gasteiger partial charge in [0.05, 0.1) is 28.8 Å². The number of para-hydroxylation sites is 1. The lowest BCUT2D eigenvalue weighted by molar-refractivity contribution is -0.137. The first-order chi connectivity index (χ1) is 15.7. The Kier molecular flexibility index (Phi) is 3.95. The quantitative estimate of drug-likeness (QED) is 0.525. The Labute approximate surface area is 185 Å². The van der Waals surface area contributed by atoms with Gasteiger partial charge in [0, 0.05) is 11.6 Å². The Bertz CT molecular complexity index is 1230. The van der Waals surface area contributed by atoms with Gasteiger partial charge in [-0.3, -0.25) is 19.3 Å². The molecule has 4 aliphatic rings. The lowest BCUT2D eigenvalue weighted by Crippen LogP contribution is -2.54. The number of fused-ring (bicyclic) bond motifs is 7. The largest absolute Gasteiger partial charge is 0.418 e. The van der Waals surface area contributed by atoms with Crippen molar-refractivity contribution in [3.05, 3.63) is 59.4 Å². The number of hydrogen-bond acceptors (Lipinski definition) is 4. The smallest absolute Gasteiger partial charge is 0.323 e. The lowest BCUT2D eigenvalue weighted by Gasteiger charge is -2.36. The van der Waals surface area contributed by atoms with Crippen LogP contribution in [-0.4, -0.2) is 35.2 Å². The van der Waals surface area contributed by atoms with Gasteiger partial charge in [0.2, 0.25) is 17.7 Å². The first-order valence-electron chi connectivity index (χ1n) is 10.6. The SMILES string of the molecule is O=C1[C@@H]2[C@H]3CCCN3[C@@]3(C(=O)Nc4c(C(F)(F)F)cccc43)[C@@H]2C(=O)N1c1ccc(F)cc1. The van der Waals surface area contributed by atoms with Gasteiger partial charge in [0.15, 0.2) is 0 Å². The van der Waals surface area contributed by atoms with Gasteiger partial charge in [0.25, 0.3) is 0 Å². The average molecular weight is 459 g/mol. The summed E-state index contributed by atoms with van der Waals surface area (Å²) >= 11 is 0. The summed E-state index contributed by atoms with van der Waals surface area (Å²) in [6.45, 7) is 0.387. The molecule has 0 unspecified atom stereocenters. The molecular weight excluding hydrogens is 442 g/mol. The van der Waals surface area contributed by atoms with Gasteiger partial charge in [-0.25, -0.2) is 9.29 Å². The molecule has 6 nitrogen and oxygen atoms in total. The minimum absolute atomic E-state index is 0.0730. The van der Waals surface area contributed by atoms with Gasteiger partial charge in [-0.1, -0.05) is 12.1 Å². The van der Waals surface area contributed by atoms with Crippen LogP contribution in [0.3, 0.4) is 0 Å². The molecular formula is C23H17F4N3O3. The zero-order valence-corrected chi connectivity index (χ0v) is 17.0. The number of imide groups is 1. The van der Waals surface area contributed by atoms with E-state index in [0.29, 0.717) is 19.4 Å². The van der Waals surface area contributed by atoms with Crippen molar-refractivity contribution >= 4 is 29.1 Å². The molecule has 2 aromatic carbocycles. The van der Waals surface area contributed by atoms with Crippen molar-refractivity contribution in [1.82, 2.24) is 4.90 Å². The van der Waals surface area contributed by atoms with Crippen molar-refractivity contribution in [2.45, 2.75) is 30.6 Å². The van der Waals surface area contributed by atoms with Crippen molar-refractivity contribution in [3.63, 3.8) is 0 Å². The van der Waals surface area contributed by atoms with E-state index in [4.69, 9.17) is 0 Å². The summed E-state index contributed by atoms with van der Waals surface area (Å²) in [4.78, 5) is 43.4. The van der Waals surface area contributed by atoms with Crippen molar-refractivity contribution in [3.8, 4) is 0 Å². The van der Waals surface area contributed by atoms with E-state index in [1.807, 2.05) is 0 Å². The minimum Gasteiger partial charge on any atom is -0.323 e. The zero-order chi connectivity index (χ0) is 23.3. The molecule has 0 radical (unpaired) electrons. The Morgan fingerprint density at radius 1 is 1.00 bits per heavy atom. The summed E-state index contributed by atoms with van der Waals surface area (Å²) in [5.41, 5.74) is -2.81. The molecule has 3 saturated heterocycles. The monoisotopic (exact) mass is 459 g/mol. The molecule has 4 aliphatic heterocycles. The first-order valence-corrected chi connectivity index (χ1v) is 10.6. The van der Waals surface area contributed by atoms with Gasteiger partial charge < -0.3 is 5.32 Å². The molecule has 33 heavy (non-hydrogen) atoms. The van der Waals surface area contributed by atoms with Crippen LogP contribution in [0.1, 0.15) is 24.0 Å². The summed E-state index contributed by atoms with van der Waals surface area (Å²) in [6.07, 6.45) is -3.52. The molecule has 3 fully saturated rings. The van der Waals surface area contributed by atoms with E-state index in [1.54, 1.807) is 4.90 Å². The molecule has 6 rings (SSSR count). The van der Waals surface area contributed by atoms with E-state index in [1.165, 1.54) is 24.3 Å². The number of carbonyl (C=O) groups is 3. The Morgan fingerprint density at radius 3 is 2.42 bits per heavy atom. The Balaban J connectivity index is 1.56. The highest BCUT2D eigenvalue weighted by Crippen LogP contribution is 2.61. The molecule has 0 aliphatic carbocycles. The number of amides is 3. The minimum atomic E-state index is -4.71. The van der Waals surface area contributed by atoms with Crippen LogP contribution in [0.2, 0.25) is 0 Å². The summed E-state index contributed by atoms with van der Waals surface area (Å²) < 4.78 is 54.6. The average Bonchev–Trinajstić information content (AvgIpc) is 3.46. The molecule has 4 heterocycles. The number of benzene rings is 2. The van der Waals surface area contributed by atoms with E-state index < -0.39 is 58.7 Å². The van der Waals surface area contributed by atoms with Crippen molar-refractivity contribution in [1.29, 1.82) is 0 Å². The molecule has 0 aromatic heterocycles. The maximum Gasteiger partial charge on any atom is 0.418 e. The zero-order valence-electron chi connectivity index (χ0n) is 17.0. The van der Waals surface area contributed by atoms with Crippen LogP contribution in [0.25, 0.3) is 0 Å². The summed E-state index contributed by atoms with van der Waals surface area (Å²) in [7, 11) is 0. The second-order valence-electron chi connectivity index (χ2n) is 8.84. The van der Waals surface area contributed by atoms with Crippen LogP contribution in [0.5, 0.6) is 0 Å².